The molecule has 0 bridgehead atoms. The first kappa shape index (κ1) is 15.3. The Kier molecular flexibility index (Phi) is 4.47. The number of benzene rings is 1. The van der Waals surface area contributed by atoms with E-state index in [1.54, 1.807) is 14.0 Å². The van der Waals surface area contributed by atoms with Gasteiger partial charge < -0.3 is 15.2 Å². The molecule has 1 aromatic heterocycles. The van der Waals surface area contributed by atoms with Crippen molar-refractivity contribution in [2.75, 3.05) is 7.11 Å². The molecule has 5 nitrogen and oxygen atoms in total. The molecule has 112 valence electrons. The maximum Gasteiger partial charge on any atom is 0.326 e. The van der Waals surface area contributed by atoms with Crippen LogP contribution in [0.1, 0.15) is 28.6 Å². The lowest BCUT2D eigenvalue weighted by Gasteiger charge is -2.11. The molecular formula is C15H17NO4S. The fraction of sp³-hybridized carbons (Fsp3) is 0.333. The molecule has 0 radical (unpaired) electrons. The Morgan fingerprint density at radius 3 is 2.71 bits per heavy atom. The van der Waals surface area contributed by atoms with E-state index >= 15 is 0 Å². The minimum atomic E-state index is -1.02. The zero-order chi connectivity index (χ0) is 15.6. The Labute approximate surface area is 126 Å². The number of carboxylic acids is 1. The van der Waals surface area contributed by atoms with Gasteiger partial charge in [0.25, 0.3) is 5.91 Å². The summed E-state index contributed by atoms with van der Waals surface area (Å²) < 4.78 is 6.16. The average Bonchev–Trinajstić information content (AvgIpc) is 2.80. The molecule has 0 saturated heterocycles. The number of aliphatic carboxylic acids is 1. The lowest BCUT2D eigenvalue weighted by Crippen LogP contribution is -2.40. The molecule has 6 heteroatoms. The zero-order valence-corrected chi connectivity index (χ0v) is 12.9. The molecule has 0 aliphatic carbocycles. The van der Waals surface area contributed by atoms with E-state index < -0.39 is 12.0 Å². The van der Waals surface area contributed by atoms with Crippen molar-refractivity contribution in [3.63, 3.8) is 0 Å². The van der Waals surface area contributed by atoms with Crippen LogP contribution in [0.15, 0.2) is 18.2 Å². The molecule has 0 saturated carbocycles. The molecule has 2 rings (SSSR count). The van der Waals surface area contributed by atoms with Crippen LogP contribution in [0.5, 0.6) is 5.75 Å². The summed E-state index contributed by atoms with van der Waals surface area (Å²) >= 11 is 1.35. The Bertz CT molecular complexity index is 692. The summed E-state index contributed by atoms with van der Waals surface area (Å²) in [6, 6.07) is 4.76. The number of fused-ring (bicyclic) bond motifs is 1. The Morgan fingerprint density at radius 1 is 1.43 bits per heavy atom. The van der Waals surface area contributed by atoms with Gasteiger partial charge in [-0.3, -0.25) is 4.79 Å². The van der Waals surface area contributed by atoms with E-state index in [1.807, 2.05) is 25.1 Å². The van der Waals surface area contributed by atoms with Gasteiger partial charge in [-0.15, -0.1) is 11.3 Å². The summed E-state index contributed by atoms with van der Waals surface area (Å²) in [6.45, 7) is 3.58. The monoisotopic (exact) mass is 307 g/mol. The van der Waals surface area contributed by atoms with Gasteiger partial charge in [-0.05, 0) is 42.5 Å². The number of amides is 1. The molecule has 1 atom stereocenters. The molecule has 0 fully saturated rings. The van der Waals surface area contributed by atoms with E-state index in [0.717, 1.165) is 21.4 Å². The molecule has 1 heterocycles. The minimum absolute atomic E-state index is 0.345. The standard InChI is InChI=1S/C15H17NO4S/c1-4-11(15(18)19)16-14(17)13-8(2)10-7-9(20-3)5-6-12(10)21-13/h5-7,11H,4H2,1-3H3,(H,16,17)(H,18,19). The number of hydrogen-bond donors (Lipinski definition) is 2. The molecular weight excluding hydrogens is 290 g/mol. The molecule has 1 unspecified atom stereocenters. The lowest BCUT2D eigenvalue weighted by atomic mass is 10.1. The Morgan fingerprint density at radius 2 is 2.14 bits per heavy atom. The summed E-state index contributed by atoms with van der Waals surface area (Å²) in [4.78, 5) is 23.8. The van der Waals surface area contributed by atoms with Crippen molar-refractivity contribution in [3.8, 4) is 5.75 Å². The van der Waals surface area contributed by atoms with Crippen molar-refractivity contribution in [2.45, 2.75) is 26.3 Å². The van der Waals surface area contributed by atoms with Crippen molar-refractivity contribution in [3.05, 3.63) is 28.6 Å². The van der Waals surface area contributed by atoms with Gasteiger partial charge in [-0.1, -0.05) is 6.92 Å². The van der Waals surface area contributed by atoms with Crippen LogP contribution in [0.4, 0.5) is 0 Å². The van der Waals surface area contributed by atoms with Crippen LogP contribution in [-0.4, -0.2) is 30.1 Å². The minimum Gasteiger partial charge on any atom is -0.497 e. The number of rotatable bonds is 5. The maximum atomic E-state index is 12.3. The molecule has 1 amide bonds. The lowest BCUT2D eigenvalue weighted by molar-refractivity contribution is -0.139. The SMILES string of the molecule is CCC(NC(=O)c1sc2ccc(OC)cc2c1C)C(=O)O. The van der Waals surface area contributed by atoms with Crippen molar-refractivity contribution >= 4 is 33.3 Å². The number of carboxylic acid groups (broad SMARTS) is 1. The summed E-state index contributed by atoms with van der Waals surface area (Å²) in [5.74, 6) is -0.638. The Balaban J connectivity index is 2.35. The van der Waals surface area contributed by atoms with Crippen molar-refractivity contribution in [2.24, 2.45) is 0 Å². The molecule has 1 aromatic carbocycles. The summed E-state index contributed by atoms with van der Waals surface area (Å²) in [6.07, 6.45) is 0.346. The fourth-order valence-electron chi connectivity index (χ4n) is 2.11. The first-order chi connectivity index (χ1) is 9.97. The van der Waals surface area contributed by atoms with E-state index in [1.165, 1.54) is 11.3 Å². The highest BCUT2D eigenvalue weighted by Gasteiger charge is 2.22. The number of carbonyl (C=O) groups is 2. The highest BCUT2D eigenvalue weighted by molar-refractivity contribution is 7.21. The van der Waals surface area contributed by atoms with Crippen LogP contribution >= 0.6 is 11.3 Å². The van der Waals surface area contributed by atoms with E-state index in [4.69, 9.17) is 9.84 Å². The fourth-order valence-corrected chi connectivity index (χ4v) is 3.20. The van der Waals surface area contributed by atoms with E-state index in [0.29, 0.717) is 11.3 Å². The Hall–Kier alpha value is -2.08. The summed E-state index contributed by atoms with van der Waals surface area (Å²) in [7, 11) is 1.59. The van der Waals surface area contributed by atoms with Crippen LogP contribution in [0.3, 0.4) is 0 Å². The van der Waals surface area contributed by atoms with Gasteiger partial charge in [0.1, 0.15) is 11.8 Å². The van der Waals surface area contributed by atoms with Crippen molar-refractivity contribution in [1.82, 2.24) is 5.32 Å². The molecule has 0 aliphatic rings. The number of ether oxygens (including phenoxy) is 1. The van der Waals surface area contributed by atoms with Crippen molar-refractivity contribution < 1.29 is 19.4 Å². The number of aryl methyl sites for hydroxylation is 1. The van der Waals surface area contributed by atoms with E-state index in [-0.39, 0.29) is 5.91 Å². The third kappa shape index (κ3) is 3.00. The second kappa shape index (κ2) is 6.13. The van der Waals surface area contributed by atoms with Gasteiger partial charge in [-0.2, -0.15) is 0 Å². The largest absolute Gasteiger partial charge is 0.497 e. The molecule has 0 aliphatic heterocycles. The number of thiophene rings is 1. The maximum absolute atomic E-state index is 12.3. The van der Waals surface area contributed by atoms with E-state index in [2.05, 4.69) is 5.32 Å². The van der Waals surface area contributed by atoms with Gasteiger partial charge in [-0.25, -0.2) is 4.79 Å². The summed E-state index contributed by atoms with van der Waals surface area (Å²) in [5.41, 5.74) is 0.839. The first-order valence-corrected chi connectivity index (χ1v) is 7.40. The number of nitrogens with one attached hydrogen (secondary N) is 1. The molecule has 2 N–H and O–H groups in total. The highest BCUT2D eigenvalue weighted by Crippen LogP contribution is 2.33. The van der Waals surface area contributed by atoms with Gasteiger partial charge in [0.15, 0.2) is 0 Å². The highest BCUT2D eigenvalue weighted by atomic mass is 32.1. The molecule has 0 spiro atoms. The predicted octanol–water partition coefficient (Wildman–Crippen LogP) is 2.81. The van der Waals surface area contributed by atoms with Crippen molar-refractivity contribution in [1.29, 1.82) is 0 Å². The first-order valence-electron chi connectivity index (χ1n) is 6.58. The second-order valence-corrected chi connectivity index (χ2v) is 5.74. The third-order valence-electron chi connectivity index (χ3n) is 3.36. The smallest absolute Gasteiger partial charge is 0.326 e. The average molecular weight is 307 g/mol. The zero-order valence-electron chi connectivity index (χ0n) is 12.1. The summed E-state index contributed by atoms with van der Waals surface area (Å²) in [5, 5.41) is 12.5. The molecule has 21 heavy (non-hydrogen) atoms. The van der Waals surface area contributed by atoms with Crippen LogP contribution in [-0.2, 0) is 4.79 Å². The number of methoxy groups -OCH3 is 1. The third-order valence-corrected chi connectivity index (χ3v) is 4.63. The predicted molar refractivity (Wildman–Crippen MR) is 82.3 cm³/mol. The second-order valence-electron chi connectivity index (χ2n) is 4.69. The van der Waals surface area contributed by atoms with Gasteiger partial charge in [0.2, 0.25) is 0 Å². The van der Waals surface area contributed by atoms with Gasteiger partial charge >= 0.3 is 5.97 Å². The van der Waals surface area contributed by atoms with Crippen LogP contribution in [0, 0.1) is 6.92 Å². The van der Waals surface area contributed by atoms with Crippen LogP contribution in [0.2, 0.25) is 0 Å². The number of hydrogen-bond acceptors (Lipinski definition) is 4. The topological polar surface area (TPSA) is 75.6 Å². The van der Waals surface area contributed by atoms with E-state index in [9.17, 15) is 9.59 Å². The van der Waals surface area contributed by atoms with Crippen LogP contribution < -0.4 is 10.1 Å². The molecule has 2 aromatic rings. The normalized spacial score (nSPS) is 12.1. The van der Waals surface area contributed by atoms with Gasteiger partial charge in [0, 0.05) is 4.70 Å². The number of carbonyl (C=O) groups excluding carboxylic acids is 1. The van der Waals surface area contributed by atoms with Crippen LogP contribution in [0.25, 0.3) is 10.1 Å². The quantitative estimate of drug-likeness (QED) is 0.890. The van der Waals surface area contributed by atoms with Gasteiger partial charge in [0.05, 0.1) is 12.0 Å².